The Kier molecular flexibility index (Phi) is 4.53. The largest absolute Gasteiger partial charge is 0.461 e. The van der Waals surface area contributed by atoms with E-state index >= 15 is 0 Å². The summed E-state index contributed by atoms with van der Waals surface area (Å²) in [5, 5.41) is 3.58. The summed E-state index contributed by atoms with van der Waals surface area (Å²) in [7, 11) is 0. The van der Waals surface area contributed by atoms with Crippen LogP contribution in [0.3, 0.4) is 0 Å². The van der Waals surface area contributed by atoms with Gasteiger partial charge in [-0.2, -0.15) is 0 Å². The predicted molar refractivity (Wildman–Crippen MR) is 51.5 cm³/mol. The second-order valence-electron chi connectivity index (χ2n) is 2.96. The van der Waals surface area contributed by atoms with Crippen LogP contribution in [0, 0.1) is 0 Å². The summed E-state index contributed by atoms with van der Waals surface area (Å²) in [6.07, 6.45) is 2.63. The predicted octanol–water partition coefficient (Wildman–Crippen LogP) is 1.37. The van der Waals surface area contributed by atoms with Gasteiger partial charge in [-0.05, 0) is 13.3 Å². The fourth-order valence-corrected chi connectivity index (χ4v) is 1.09. The Morgan fingerprint density at radius 1 is 1.67 bits per heavy atom. The zero-order chi connectivity index (χ0) is 11.1. The SMILES string of the molecule is CCOC(=O)c1cc(CCCC=O)on1. The Bertz CT molecular complexity index is 332. The first-order valence-electron chi connectivity index (χ1n) is 4.84. The summed E-state index contributed by atoms with van der Waals surface area (Å²) in [4.78, 5) is 21.3. The Morgan fingerprint density at radius 2 is 2.47 bits per heavy atom. The molecule has 0 unspecified atom stereocenters. The van der Waals surface area contributed by atoms with Crippen molar-refractivity contribution in [2.75, 3.05) is 6.61 Å². The van der Waals surface area contributed by atoms with Gasteiger partial charge in [-0.15, -0.1) is 0 Å². The molecule has 15 heavy (non-hydrogen) atoms. The maximum Gasteiger partial charge on any atom is 0.360 e. The van der Waals surface area contributed by atoms with E-state index in [0.29, 0.717) is 31.6 Å². The van der Waals surface area contributed by atoms with E-state index in [1.165, 1.54) is 0 Å². The van der Waals surface area contributed by atoms with Gasteiger partial charge in [0.15, 0.2) is 5.69 Å². The molecule has 0 aromatic carbocycles. The van der Waals surface area contributed by atoms with Crippen LogP contribution in [0.15, 0.2) is 10.6 Å². The summed E-state index contributed by atoms with van der Waals surface area (Å²) < 4.78 is 9.66. The number of esters is 1. The lowest BCUT2D eigenvalue weighted by Gasteiger charge is -1.94. The van der Waals surface area contributed by atoms with Gasteiger partial charge in [-0.3, -0.25) is 0 Å². The Hall–Kier alpha value is -1.65. The van der Waals surface area contributed by atoms with Gasteiger partial charge in [0.05, 0.1) is 6.61 Å². The average Bonchev–Trinajstić information content (AvgIpc) is 2.67. The third-order valence-electron chi connectivity index (χ3n) is 1.79. The molecule has 0 bridgehead atoms. The summed E-state index contributed by atoms with van der Waals surface area (Å²) in [5.41, 5.74) is 0.179. The smallest absolute Gasteiger partial charge is 0.360 e. The molecule has 0 aliphatic rings. The lowest BCUT2D eigenvalue weighted by molar-refractivity contribution is -0.107. The highest BCUT2D eigenvalue weighted by molar-refractivity contribution is 5.87. The topological polar surface area (TPSA) is 69.4 Å². The third-order valence-corrected chi connectivity index (χ3v) is 1.79. The van der Waals surface area contributed by atoms with Crippen molar-refractivity contribution >= 4 is 12.3 Å². The molecule has 0 saturated carbocycles. The lowest BCUT2D eigenvalue weighted by atomic mass is 10.2. The van der Waals surface area contributed by atoms with Gasteiger partial charge >= 0.3 is 5.97 Å². The van der Waals surface area contributed by atoms with Crippen LogP contribution in [0.5, 0.6) is 0 Å². The van der Waals surface area contributed by atoms with Gasteiger partial charge in [0.1, 0.15) is 12.0 Å². The lowest BCUT2D eigenvalue weighted by Crippen LogP contribution is -2.04. The van der Waals surface area contributed by atoms with E-state index in [1.54, 1.807) is 13.0 Å². The number of aromatic nitrogens is 1. The van der Waals surface area contributed by atoms with Crippen molar-refractivity contribution in [3.63, 3.8) is 0 Å². The minimum atomic E-state index is -0.483. The third kappa shape index (κ3) is 3.53. The van der Waals surface area contributed by atoms with Crippen LogP contribution in [0.1, 0.15) is 36.0 Å². The summed E-state index contributed by atoms with van der Waals surface area (Å²) in [6, 6.07) is 1.54. The van der Waals surface area contributed by atoms with Crippen molar-refractivity contribution in [3.05, 3.63) is 17.5 Å². The van der Waals surface area contributed by atoms with Gasteiger partial charge in [-0.1, -0.05) is 5.16 Å². The van der Waals surface area contributed by atoms with Gasteiger partial charge < -0.3 is 14.1 Å². The van der Waals surface area contributed by atoms with Crippen molar-refractivity contribution in [2.45, 2.75) is 26.2 Å². The monoisotopic (exact) mass is 211 g/mol. The van der Waals surface area contributed by atoms with Crippen molar-refractivity contribution < 1.29 is 18.8 Å². The Morgan fingerprint density at radius 3 is 3.13 bits per heavy atom. The second kappa shape index (κ2) is 5.95. The minimum Gasteiger partial charge on any atom is -0.461 e. The standard InChI is InChI=1S/C10H13NO4/c1-2-14-10(13)9-7-8(15-11-9)5-3-4-6-12/h6-7H,2-5H2,1H3. The van der Waals surface area contributed by atoms with Crippen LogP contribution in [0.4, 0.5) is 0 Å². The molecule has 0 atom stereocenters. The molecule has 1 aromatic heterocycles. The summed E-state index contributed by atoms with van der Waals surface area (Å²) in [5.74, 6) is 0.114. The van der Waals surface area contributed by atoms with Crippen molar-refractivity contribution in [2.24, 2.45) is 0 Å². The maximum absolute atomic E-state index is 11.2. The van der Waals surface area contributed by atoms with Crippen LogP contribution in [0.25, 0.3) is 0 Å². The Labute approximate surface area is 87.4 Å². The van der Waals surface area contributed by atoms with Gasteiger partial charge in [-0.25, -0.2) is 4.79 Å². The summed E-state index contributed by atoms with van der Waals surface area (Å²) >= 11 is 0. The highest BCUT2D eigenvalue weighted by Gasteiger charge is 2.12. The average molecular weight is 211 g/mol. The molecule has 0 saturated heterocycles. The van der Waals surface area contributed by atoms with Crippen LogP contribution in [-0.4, -0.2) is 24.0 Å². The molecule has 82 valence electrons. The first kappa shape index (κ1) is 11.4. The number of carbonyl (C=O) groups is 2. The quantitative estimate of drug-likeness (QED) is 0.404. The normalized spacial score (nSPS) is 9.93. The van der Waals surface area contributed by atoms with Crippen molar-refractivity contribution in [1.82, 2.24) is 5.16 Å². The molecular weight excluding hydrogens is 198 g/mol. The number of nitrogens with zero attached hydrogens (tertiary/aromatic N) is 1. The molecular formula is C10H13NO4. The highest BCUT2D eigenvalue weighted by atomic mass is 16.5. The molecule has 0 fully saturated rings. The first-order valence-corrected chi connectivity index (χ1v) is 4.84. The van der Waals surface area contributed by atoms with Gasteiger partial charge in [0, 0.05) is 18.9 Å². The number of aryl methyl sites for hydroxylation is 1. The van der Waals surface area contributed by atoms with E-state index < -0.39 is 5.97 Å². The van der Waals surface area contributed by atoms with Crippen LogP contribution >= 0.6 is 0 Å². The van der Waals surface area contributed by atoms with Crippen LogP contribution < -0.4 is 0 Å². The fraction of sp³-hybridized carbons (Fsp3) is 0.500. The number of rotatable bonds is 6. The molecule has 0 N–H and O–H groups in total. The number of ether oxygens (including phenoxy) is 1. The molecule has 1 heterocycles. The molecule has 0 amide bonds. The Balaban J connectivity index is 2.48. The maximum atomic E-state index is 11.2. The van der Waals surface area contributed by atoms with E-state index in [2.05, 4.69) is 5.16 Å². The minimum absolute atomic E-state index is 0.179. The van der Waals surface area contributed by atoms with E-state index in [0.717, 1.165) is 6.29 Å². The molecule has 1 rings (SSSR count). The molecule has 0 radical (unpaired) electrons. The van der Waals surface area contributed by atoms with Gasteiger partial charge in [0.25, 0.3) is 0 Å². The molecule has 0 aliphatic carbocycles. The number of aldehydes is 1. The fourth-order valence-electron chi connectivity index (χ4n) is 1.09. The van der Waals surface area contributed by atoms with Gasteiger partial charge in [0.2, 0.25) is 0 Å². The first-order chi connectivity index (χ1) is 7.27. The number of unbranched alkanes of at least 4 members (excludes halogenated alkanes) is 1. The molecule has 0 spiro atoms. The molecule has 1 aromatic rings. The van der Waals surface area contributed by atoms with Crippen molar-refractivity contribution in [1.29, 1.82) is 0 Å². The number of hydrogen-bond donors (Lipinski definition) is 0. The molecule has 5 heteroatoms. The summed E-state index contributed by atoms with van der Waals surface area (Å²) in [6.45, 7) is 2.04. The number of carbonyl (C=O) groups excluding carboxylic acids is 2. The zero-order valence-electron chi connectivity index (χ0n) is 8.56. The van der Waals surface area contributed by atoms with Crippen molar-refractivity contribution in [3.8, 4) is 0 Å². The van der Waals surface area contributed by atoms with E-state index in [1.807, 2.05) is 0 Å². The highest BCUT2D eigenvalue weighted by Crippen LogP contribution is 2.08. The van der Waals surface area contributed by atoms with Crippen LogP contribution in [-0.2, 0) is 16.0 Å². The van der Waals surface area contributed by atoms with Crippen LogP contribution in [0.2, 0.25) is 0 Å². The van der Waals surface area contributed by atoms with E-state index in [9.17, 15) is 9.59 Å². The molecule has 0 aliphatic heterocycles. The molecule has 5 nitrogen and oxygen atoms in total. The second-order valence-corrected chi connectivity index (χ2v) is 2.96. The zero-order valence-corrected chi connectivity index (χ0v) is 8.56. The van der Waals surface area contributed by atoms with E-state index in [4.69, 9.17) is 9.26 Å². The number of hydrogen-bond acceptors (Lipinski definition) is 5. The van der Waals surface area contributed by atoms with E-state index in [-0.39, 0.29) is 5.69 Å².